The van der Waals surface area contributed by atoms with Gasteiger partial charge in [-0.15, -0.1) is 11.6 Å². The first-order valence-electron chi connectivity index (χ1n) is 6.12. The Balaban J connectivity index is 2.33. The molecule has 1 unspecified atom stereocenters. The van der Waals surface area contributed by atoms with E-state index in [1.165, 1.54) is 0 Å². The van der Waals surface area contributed by atoms with E-state index in [-0.39, 0.29) is 10.9 Å². The quantitative estimate of drug-likeness (QED) is 0.772. The summed E-state index contributed by atoms with van der Waals surface area (Å²) >= 11 is 6.24. The first-order valence-corrected chi connectivity index (χ1v) is 6.56. The molecule has 3 rings (SSSR count). The maximum atomic E-state index is 9.02. The van der Waals surface area contributed by atoms with Crippen LogP contribution in [0.15, 0.2) is 18.2 Å². The van der Waals surface area contributed by atoms with Gasteiger partial charge >= 0.3 is 0 Å². The second kappa shape index (κ2) is 3.73. The first kappa shape index (κ1) is 11.6. The van der Waals surface area contributed by atoms with Gasteiger partial charge in [-0.05, 0) is 44.9 Å². The minimum absolute atomic E-state index is 0.125. The molecule has 0 amide bonds. The molecule has 1 aliphatic carbocycles. The second-order valence-electron chi connectivity index (χ2n) is 5.23. The highest BCUT2D eigenvalue weighted by Gasteiger charge is 2.42. The number of rotatable bonds is 2. The minimum Gasteiger partial charge on any atom is -0.321 e. The van der Waals surface area contributed by atoms with Crippen LogP contribution in [0, 0.1) is 11.3 Å². The molecule has 1 atom stereocenters. The van der Waals surface area contributed by atoms with Crippen LogP contribution in [0.1, 0.15) is 43.5 Å². The van der Waals surface area contributed by atoms with Crippen molar-refractivity contribution in [1.82, 2.24) is 9.55 Å². The van der Waals surface area contributed by atoms with E-state index in [4.69, 9.17) is 16.9 Å². The SMILES string of the molecule is CC(Cl)c1nc2ccc(C#N)cc2n1C1(C)CC1. The van der Waals surface area contributed by atoms with Gasteiger partial charge in [-0.3, -0.25) is 0 Å². The summed E-state index contributed by atoms with van der Waals surface area (Å²) in [5.41, 5.74) is 2.74. The van der Waals surface area contributed by atoms with Crippen LogP contribution < -0.4 is 0 Å². The van der Waals surface area contributed by atoms with E-state index in [9.17, 15) is 0 Å². The number of hydrogen-bond donors (Lipinski definition) is 0. The summed E-state index contributed by atoms with van der Waals surface area (Å²) in [4.78, 5) is 4.62. The second-order valence-corrected chi connectivity index (χ2v) is 5.89. The summed E-state index contributed by atoms with van der Waals surface area (Å²) < 4.78 is 2.22. The van der Waals surface area contributed by atoms with Gasteiger partial charge in [0.1, 0.15) is 5.82 Å². The minimum atomic E-state index is -0.125. The van der Waals surface area contributed by atoms with E-state index in [1.807, 2.05) is 19.1 Å². The van der Waals surface area contributed by atoms with Crippen molar-refractivity contribution in [1.29, 1.82) is 5.26 Å². The van der Waals surface area contributed by atoms with Crippen LogP contribution in [0.25, 0.3) is 11.0 Å². The van der Waals surface area contributed by atoms with Crippen molar-refractivity contribution >= 4 is 22.6 Å². The number of fused-ring (bicyclic) bond motifs is 1. The molecule has 2 aromatic rings. The average molecular weight is 260 g/mol. The Kier molecular flexibility index (Phi) is 2.39. The lowest BCUT2D eigenvalue weighted by molar-refractivity contribution is 0.522. The maximum Gasteiger partial charge on any atom is 0.128 e. The molecule has 1 aromatic carbocycles. The van der Waals surface area contributed by atoms with Gasteiger partial charge in [-0.1, -0.05) is 0 Å². The Bertz CT molecular complexity index is 659. The third-order valence-electron chi connectivity index (χ3n) is 3.68. The Morgan fingerprint density at radius 3 is 2.78 bits per heavy atom. The fourth-order valence-electron chi connectivity index (χ4n) is 2.40. The van der Waals surface area contributed by atoms with Crippen LogP contribution in [-0.4, -0.2) is 9.55 Å². The predicted molar refractivity (Wildman–Crippen MR) is 71.6 cm³/mol. The molecular weight excluding hydrogens is 246 g/mol. The number of benzene rings is 1. The molecule has 0 bridgehead atoms. The number of hydrogen-bond acceptors (Lipinski definition) is 2. The smallest absolute Gasteiger partial charge is 0.128 e. The normalized spacial score (nSPS) is 18.6. The lowest BCUT2D eigenvalue weighted by Crippen LogP contribution is -2.16. The van der Waals surface area contributed by atoms with Crippen LogP contribution in [-0.2, 0) is 5.54 Å². The van der Waals surface area contributed by atoms with Crippen molar-refractivity contribution in [2.24, 2.45) is 0 Å². The molecule has 1 fully saturated rings. The van der Waals surface area contributed by atoms with Gasteiger partial charge in [-0.2, -0.15) is 5.26 Å². The number of imidazole rings is 1. The predicted octanol–water partition coefficient (Wildman–Crippen LogP) is 3.72. The molecule has 1 heterocycles. The van der Waals surface area contributed by atoms with Crippen LogP contribution >= 0.6 is 11.6 Å². The number of aromatic nitrogens is 2. The molecule has 0 saturated heterocycles. The topological polar surface area (TPSA) is 41.6 Å². The highest BCUT2D eigenvalue weighted by molar-refractivity contribution is 6.20. The summed E-state index contributed by atoms with van der Waals surface area (Å²) in [6.45, 7) is 4.16. The van der Waals surface area contributed by atoms with Gasteiger partial charge in [-0.25, -0.2) is 4.98 Å². The van der Waals surface area contributed by atoms with Gasteiger partial charge in [0.2, 0.25) is 0 Å². The highest BCUT2D eigenvalue weighted by Crippen LogP contribution is 2.46. The zero-order chi connectivity index (χ0) is 12.9. The van der Waals surface area contributed by atoms with Crippen LogP contribution in [0.2, 0.25) is 0 Å². The van der Waals surface area contributed by atoms with Gasteiger partial charge in [0.05, 0.1) is 28.0 Å². The van der Waals surface area contributed by atoms with E-state index >= 15 is 0 Å². The van der Waals surface area contributed by atoms with Crippen molar-refractivity contribution in [3.63, 3.8) is 0 Å². The summed E-state index contributed by atoms with van der Waals surface area (Å²) in [7, 11) is 0. The molecule has 1 aliphatic rings. The summed E-state index contributed by atoms with van der Waals surface area (Å²) in [6, 6.07) is 7.80. The van der Waals surface area contributed by atoms with Crippen molar-refractivity contribution in [3.8, 4) is 6.07 Å². The molecule has 3 nitrogen and oxygen atoms in total. The number of halogens is 1. The Labute approximate surface area is 111 Å². The van der Waals surface area contributed by atoms with Gasteiger partial charge in [0, 0.05) is 5.54 Å². The Morgan fingerprint density at radius 1 is 1.50 bits per heavy atom. The van der Waals surface area contributed by atoms with E-state index in [0.29, 0.717) is 5.56 Å². The maximum absolute atomic E-state index is 9.02. The Morgan fingerprint density at radius 2 is 2.22 bits per heavy atom. The fraction of sp³-hybridized carbons (Fsp3) is 0.429. The average Bonchev–Trinajstić information content (AvgIpc) is 2.96. The van der Waals surface area contributed by atoms with Gasteiger partial charge in [0.25, 0.3) is 0 Å². The Hall–Kier alpha value is -1.53. The third kappa shape index (κ3) is 1.60. The van der Waals surface area contributed by atoms with Crippen molar-refractivity contribution in [3.05, 3.63) is 29.6 Å². The van der Waals surface area contributed by atoms with E-state index in [0.717, 1.165) is 29.7 Å². The molecule has 1 saturated carbocycles. The summed E-state index contributed by atoms with van der Waals surface area (Å²) in [5, 5.41) is 8.89. The molecule has 18 heavy (non-hydrogen) atoms. The first-order chi connectivity index (χ1) is 8.55. The monoisotopic (exact) mass is 259 g/mol. The molecular formula is C14H14ClN3. The van der Waals surface area contributed by atoms with E-state index in [1.54, 1.807) is 6.07 Å². The molecule has 0 spiro atoms. The molecule has 4 heteroatoms. The van der Waals surface area contributed by atoms with Crippen LogP contribution in [0.4, 0.5) is 0 Å². The van der Waals surface area contributed by atoms with Crippen molar-refractivity contribution in [2.45, 2.75) is 37.6 Å². The van der Waals surface area contributed by atoms with Gasteiger partial charge < -0.3 is 4.57 Å². The van der Waals surface area contributed by atoms with Crippen molar-refractivity contribution < 1.29 is 0 Å². The van der Waals surface area contributed by atoms with E-state index < -0.39 is 0 Å². The number of nitriles is 1. The third-order valence-corrected chi connectivity index (χ3v) is 3.87. The summed E-state index contributed by atoms with van der Waals surface area (Å²) in [6.07, 6.45) is 2.29. The molecule has 0 N–H and O–H groups in total. The summed E-state index contributed by atoms with van der Waals surface area (Å²) in [5.74, 6) is 0.904. The number of nitrogens with zero attached hydrogens (tertiary/aromatic N) is 3. The molecule has 0 aliphatic heterocycles. The largest absolute Gasteiger partial charge is 0.321 e. The lowest BCUT2D eigenvalue weighted by Gasteiger charge is -2.17. The zero-order valence-electron chi connectivity index (χ0n) is 10.4. The molecule has 92 valence electrons. The molecule has 1 aromatic heterocycles. The fourth-order valence-corrected chi connectivity index (χ4v) is 2.55. The van der Waals surface area contributed by atoms with Crippen LogP contribution in [0.5, 0.6) is 0 Å². The standard InChI is InChI=1S/C14H14ClN3/c1-9(15)13-17-11-4-3-10(8-16)7-12(11)18(13)14(2)5-6-14/h3-4,7,9H,5-6H2,1-2H3. The molecule has 0 radical (unpaired) electrons. The number of alkyl halides is 1. The lowest BCUT2D eigenvalue weighted by atomic mass is 10.2. The van der Waals surface area contributed by atoms with Gasteiger partial charge in [0.15, 0.2) is 0 Å². The van der Waals surface area contributed by atoms with E-state index in [2.05, 4.69) is 22.5 Å². The van der Waals surface area contributed by atoms with Crippen LogP contribution in [0.3, 0.4) is 0 Å². The van der Waals surface area contributed by atoms with Crippen molar-refractivity contribution in [2.75, 3.05) is 0 Å². The zero-order valence-corrected chi connectivity index (χ0v) is 11.2. The highest BCUT2D eigenvalue weighted by atomic mass is 35.5.